The first-order valence-electron chi connectivity index (χ1n) is 3.70. The van der Waals surface area contributed by atoms with Crippen molar-refractivity contribution in [2.24, 2.45) is 0 Å². The van der Waals surface area contributed by atoms with Gasteiger partial charge >= 0.3 is 0 Å². The van der Waals surface area contributed by atoms with Crippen LogP contribution in [0.4, 0.5) is 0 Å². The van der Waals surface area contributed by atoms with Gasteiger partial charge in [-0.15, -0.1) is 0 Å². The van der Waals surface area contributed by atoms with Gasteiger partial charge in [-0.3, -0.25) is 4.79 Å². The maximum Gasteiger partial charge on any atom is 0.248 e. The van der Waals surface area contributed by atoms with Crippen LogP contribution in [0.3, 0.4) is 0 Å². The Morgan fingerprint density at radius 1 is 1.45 bits per heavy atom. The lowest BCUT2D eigenvalue weighted by Crippen LogP contribution is -2.09. The molecule has 2 heterocycles. The molecule has 3 nitrogen and oxygen atoms in total. The predicted molar refractivity (Wildman–Crippen MR) is 42.3 cm³/mol. The molecule has 0 saturated heterocycles. The van der Waals surface area contributed by atoms with Crippen molar-refractivity contribution in [3.05, 3.63) is 33.2 Å². The molecule has 3 heteroatoms. The predicted octanol–water partition coefficient (Wildman–Crippen LogP) is 0.287. The zero-order chi connectivity index (χ0) is 7.84. The minimum absolute atomic E-state index is 0.00458. The van der Waals surface area contributed by atoms with Crippen LogP contribution in [0.15, 0.2) is 10.9 Å². The smallest absolute Gasteiger partial charge is 0.248 e. The first-order valence-corrected chi connectivity index (χ1v) is 3.70. The average molecular weight is 150 g/mol. The van der Waals surface area contributed by atoms with Gasteiger partial charge in [0.15, 0.2) is 0 Å². The van der Waals surface area contributed by atoms with Crippen LogP contribution in [0.1, 0.15) is 16.8 Å². The Morgan fingerprint density at radius 2 is 2.27 bits per heavy atom. The van der Waals surface area contributed by atoms with Crippen molar-refractivity contribution in [2.75, 3.05) is 0 Å². The van der Waals surface area contributed by atoms with Crippen molar-refractivity contribution in [3.63, 3.8) is 0 Å². The molecule has 0 atom stereocenters. The van der Waals surface area contributed by atoms with E-state index in [1.807, 2.05) is 6.92 Å². The van der Waals surface area contributed by atoms with Gasteiger partial charge in [0.1, 0.15) is 0 Å². The Balaban J connectivity index is 2.70. The second-order valence-corrected chi connectivity index (χ2v) is 2.88. The standard InChI is InChI=1S/C8H10N2O/c1-5-2-8(11)10-7-4-9-3-6(5)7/h2,9H,3-4H2,1H3,(H,10,11). The number of aryl methyl sites for hydroxylation is 1. The van der Waals surface area contributed by atoms with E-state index in [1.165, 1.54) is 5.56 Å². The fraction of sp³-hybridized carbons (Fsp3) is 0.375. The third kappa shape index (κ3) is 0.973. The maximum absolute atomic E-state index is 11.0. The maximum atomic E-state index is 11.0. The van der Waals surface area contributed by atoms with Gasteiger partial charge in [-0.2, -0.15) is 0 Å². The molecule has 11 heavy (non-hydrogen) atoms. The monoisotopic (exact) mass is 150 g/mol. The Morgan fingerprint density at radius 3 is 3.09 bits per heavy atom. The van der Waals surface area contributed by atoms with E-state index in [1.54, 1.807) is 6.07 Å². The molecule has 0 fully saturated rings. The molecule has 1 aromatic rings. The number of aromatic amines is 1. The molecular formula is C8H10N2O. The first-order chi connectivity index (χ1) is 5.27. The lowest BCUT2D eigenvalue weighted by molar-refractivity contribution is 0.756. The Kier molecular flexibility index (Phi) is 1.32. The van der Waals surface area contributed by atoms with Crippen molar-refractivity contribution in [1.82, 2.24) is 10.3 Å². The van der Waals surface area contributed by atoms with Crippen LogP contribution in [0.2, 0.25) is 0 Å². The van der Waals surface area contributed by atoms with Crippen molar-refractivity contribution in [3.8, 4) is 0 Å². The van der Waals surface area contributed by atoms with E-state index in [0.717, 1.165) is 24.3 Å². The van der Waals surface area contributed by atoms with E-state index in [0.29, 0.717) is 0 Å². The van der Waals surface area contributed by atoms with Gasteiger partial charge in [0.2, 0.25) is 5.56 Å². The van der Waals surface area contributed by atoms with E-state index in [4.69, 9.17) is 0 Å². The molecule has 0 radical (unpaired) electrons. The van der Waals surface area contributed by atoms with Crippen LogP contribution in [0.25, 0.3) is 0 Å². The minimum Gasteiger partial charge on any atom is -0.325 e. The summed E-state index contributed by atoms with van der Waals surface area (Å²) >= 11 is 0. The quantitative estimate of drug-likeness (QED) is 0.558. The van der Waals surface area contributed by atoms with E-state index in [2.05, 4.69) is 10.3 Å². The molecule has 2 rings (SSSR count). The highest BCUT2D eigenvalue weighted by molar-refractivity contribution is 5.31. The molecule has 0 amide bonds. The van der Waals surface area contributed by atoms with Crippen molar-refractivity contribution < 1.29 is 0 Å². The molecule has 0 aromatic carbocycles. The van der Waals surface area contributed by atoms with Gasteiger partial charge in [0.05, 0.1) is 0 Å². The second-order valence-electron chi connectivity index (χ2n) is 2.88. The number of H-pyrrole nitrogens is 1. The third-order valence-corrected chi connectivity index (χ3v) is 2.07. The molecule has 0 spiro atoms. The topological polar surface area (TPSA) is 44.9 Å². The summed E-state index contributed by atoms with van der Waals surface area (Å²) in [5, 5.41) is 3.19. The van der Waals surface area contributed by atoms with Gasteiger partial charge in [-0.1, -0.05) is 0 Å². The highest BCUT2D eigenvalue weighted by atomic mass is 16.1. The molecule has 0 unspecified atom stereocenters. The molecule has 2 N–H and O–H groups in total. The highest BCUT2D eigenvalue weighted by Crippen LogP contribution is 2.13. The van der Waals surface area contributed by atoms with E-state index >= 15 is 0 Å². The fourth-order valence-corrected chi connectivity index (χ4v) is 1.49. The summed E-state index contributed by atoms with van der Waals surface area (Å²) < 4.78 is 0. The summed E-state index contributed by atoms with van der Waals surface area (Å²) in [6.07, 6.45) is 0. The average Bonchev–Trinajstić information content (AvgIpc) is 2.34. The number of aromatic nitrogens is 1. The van der Waals surface area contributed by atoms with Gasteiger partial charge in [0, 0.05) is 24.8 Å². The van der Waals surface area contributed by atoms with Crippen LogP contribution in [-0.4, -0.2) is 4.98 Å². The SMILES string of the molecule is Cc1cc(=O)[nH]c2c1CNC2. The normalized spacial score (nSPS) is 15.0. The zero-order valence-corrected chi connectivity index (χ0v) is 6.40. The summed E-state index contributed by atoms with van der Waals surface area (Å²) in [5.41, 5.74) is 3.40. The summed E-state index contributed by atoms with van der Waals surface area (Å²) in [7, 11) is 0. The van der Waals surface area contributed by atoms with Crippen molar-refractivity contribution >= 4 is 0 Å². The van der Waals surface area contributed by atoms with Crippen LogP contribution < -0.4 is 10.9 Å². The van der Waals surface area contributed by atoms with Crippen LogP contribution in [0, 0.1) is 6.92 Å². The third-order valence-electron chi connectivity index (χ3n) is 2.07. The number of pyridine rings is 1. The number of rotatable bonds is 0. The molecular weight excluding hydrogens is 140 g/mol. The van der Waals surface area contributed by atoms with Crippen LogP contribution in [0.5, 0.6) is 0 Å². The van der Waals surface area contributed by atoms with E-state index < -0.39 is 0 Å². The Bertz CT molecular complexity index is 340. The molecule has 1 aliphatic heterocycles. The lowest BCUT2D eigenvalue weighted by Gasteiger charge is -1.99. The molecule has 0 bridgehead atoms. The summed E-state index contributed by atoms with van der Waals surface area (Å²) in [6.45, 7) is 3.66. The van der Waals surface area contributed by atoms with Gasteiger partial charge < -0.3 is 10.3 Å². The molecule has 1 aliphatic rings. The van der Waals surface area contributed by atoms with Crippen molar-refractivity contribution in [2.45, 2.75) is 20.0 Å². The van der Waals surface area contributed by atoms with E-state index in [9.17, 15) is 4.79 Å². The Hall–Kier alpha value is -1.09. The lowest BCUT2D eigenvalue weighted by atomic mass is 10.1. The van der Waals surface area contributed by atoms with Crippen LogP contribution >= 0.6 is 0 Å². The summed E-state index contributed by atoms with van der Waals surface area (Å²) in [5.74, 6) is 0. The van der Waals surface area contributed by atoms with Gasteiger partial charge in [0.25, 0.3) is 0 Å². The van der Waals surface area contributed by atoms with Gasteiger partial charge in [-0.05, 0) is 18.1 Å². The van der Waals surface area contributed by atoms with Gasteiger partial charge in [-0.25, -0.2) is 0 Å². The molecule has 58 valence electrons. The Labute approximate surface area is 64.5 Å². The number of nitrogens with one attached hydrogen (secondary N) is 2. The fourth-order valence-electron chi connectivity index (χ4n) is 1.49. The number of hydrogen-bond donors (Lipinski definition) is 2. The molecule has 0 aliphatic carbocycles. The molecule has 1 aromatic heterocycles. The second kappa shape index (κ2) is 2.20. The minimum atomic E-state index is 0.00458. The summed E-state index contributed by atoms with van der Waals surface area (Å²) in [6, 6.07) is 1.64. The first kappa shape index (κ1) is 6.61. The largest absolute Gasteiger partial charge is 0.325 e. The molecule has 0 saturated carbocycles. The van der Waals surface area contributed by atoms with E-state index in [-0.39, 0.29) is 5.56 Å². The number of hydrogen-bond acceptors (Lipinski definition) is 2. The van der Waals surface area contributed by atoms with Crippen molar-refractivity contribution in [1.29, 1.82) is 0 Å². The highest BCUT2D eigenvalue weighted by Gasteiger charge is 2.12. The number of fused-ring (bicyclic) bond motifs is 1. The summed E-state index contributed by atoms with van der Waals surface area (Å²) in [4.78, 5) is 13.8. The zero-order valence-electron chi connectivity index (χ0n) is 6.40. The van der Waals surface area contributed by atoms with Crippen LogP contribution in [-0.2, 0) is 13.1 Å².